The summed E-state index contributed by atoms with van der Waals surface area (Å²) in [5, 5.41) is 0.750. The zero-order valence-corrected chi connectivity index (χ0v) is 20.7. The van der Waals surface area contributed by atoms with Crippen molar-refractivity contribution in [1.29, 1.82) is 0 Å². The minimum Gasteiger partial charge on any atom is -0.490 e. The number of carbonyl (C=O) groups excluding carboxylic acids is 1. The van der Waals surface area contributed by atoms with Gasteiger partial charge in [0.05, 0.1) is 11.5 Å². The summed E-state index contributed by atoms with van der Waals surface area (Å²) in [5.41, 5.74) is 3.15. The number of aryl methyl sites for hydroxylation is 1. The van der Waals surface area contributed by atoms with E-state index in [1.54, 1.807) is 4.90 Å². The Morgan fingerprint density at radius 3 is 2.58 bits per heavy atom. The van der Waals surface area contributed by atoms with E-state index < -0.39 is 0 Å². The number of carbonyl (C=O) groups is 1. The van der Waals surface area contributed by atoms with Crippen molar-refractivity contribution in [3.8, 4) is 11.5 Å². The fraction of sp³-hybridized carbons (Fsp3) is 0.333. The third-order valence-electron chi connectivity index (χ3n) is 4.62. The maximum atomic E-state index is 12.8. The first-order valence-corrected chi connectivity index (χ1v) is 12.0. The Hall–Kier alpha value is -2.25. The van der Waals surface area contributed by atoms with Crippen molar-refractivity contribution in [2.75, 3.05) is 19.7 Å². The summed E-state index contributed by atoms with van der Waals surface area (Å²) in [5.74, 6) is 1.28. The Morgan fingerprint density at radius 1 is 1.13 bits per heavy atom. The Labute approximate surface area is 196 Å². The molecule has 0 N–H and O–H groups in total. The molecule has 0 aliphatic carbocycles. The monoisotopic (exact) mass is 502 g/mol. The number of amidine groups is 1. The van der Waals surface area contributed by atoms with E-state index in [4.69, 9.17) is 9.47 Å². The molecule has 1 fully saturated rings. The second kappa shape index (κ2) is 10.9. The summed E-state index contributed by atoms with van der Waals surface area (Å²) in [6.07, 6.45) is 1.88. The van der Waals surface area contributed by atoms with Gasteiger partial charge in [-0.2, -0.15) is 0 Å². The van der Waals surface area contributed by atoms with E-state index in [2.05, 4.69) is 40.0 Å². The molecule has 164 valence electrons. The second-order valence-corrected chi connectivity index (χ2v) is 8.81. The van der Waals surface area contributed by atoms with E-state index in [0.717, 1.165) is 20.8 Å². The van der Waals surface area contributed by atoms with Crippen LogP contribution >= 0.6 is 27.7 Å². The van der Waals surface area contributed by atoms with Crippen molar-refractivity contribution in [3.05, 3.63) is 62.5 Å². The molecule has 0 atom stereocenters. The lowest BCUT2D eigenvalue weighted by atomic mass is 10.1. The van der Waals surface area contributed by atoms with Crippen molar-refractivity contribution in [1.82, 2.24) is 4.90 Å². The Balaban J connectivity index is 1.88. The average molecular weight is 503 g/mol. The fourth-order valence-electron chi connectivity index (χ4n) is 3.19. The van der Waals surface area contributed by atoms with E-state index in [9.17, 15) is 4.79 Å². The van der Waals surface area contributed by atoms with E-state index in [1.807, 2.05) is 51.1 Å². The van der Waals surface area contributed by atoms with Crippen molar-refractivity contribution < 1.29 is 14.3 Å². The van der Waals surface area contributed by atoms with Gasteiger partial charge in [-0.3, -0.25) is 14.7 Å². The largest absolute Gasteiger partial charge is 0.490 e. The lowest BCUT2D eigenvalue weighted by Crippen LogP contribution is -2.28. The highest BCUT2D eigenvalue weighted by Crippen LogP contribution is 2.38. The molecule has 0 spiro atoms. The number of nitrogens with zero attached hydrogens (tertiary/aromatic N) is 2. The van der Waals surface area contributed by atoms with Crippen molar-refractivity contribution in [2.24, 2.45) is 4.99 Å². The molecule has 0 saturated carbocycles. The summed E-state index contributed by atoms with van der Waals surface area (Å²) in [4.78, 5) is 19.6. The first-order valence-electron chi connectivity index (χ1n) is 10.4. The van der Waals surface area contributed by atoms with Gasteiger partial charge >= 0.3 is 0 Å². The zero-order chi connectivity index (χ0) is 22.4. The smallest absolute Gasteiger partial charge is 0.266 e. The Bertz CT molecular complexity index is 1020. The summed E-state index contributed by atoms with van der Waals surface area (Å²) < 4.78 is 12.7. The number of amides is 1. The lowest BCUT2D eigenvalue weighted by Gasteiger charge is -2.14. The van der Waals surface area contributed by atoms with E-state index >= 15 is 0 Å². The lowest BCUT2D eigenvalue weighted by molar-refractivity contribution is -0.122. The van der Waals surface area contributed by atoms with E-state index in [1.165, 1.54) is 17.3 Å². The Kier molecular flexibility index (Phi) is 8.21. The normalized spacial score (nSPS) is 16.4. The quantitative estimate of drug-likeness (QED) is 0.412. The molecule has 0 aromatic heterocycles. The molecule has 0 bridgehead atoms. The van der Waals surface area contributed by atoms with Gasteiger partial charge in [-0.05, 0) is 68.8 Å². The minimum absolute atomic E-state index is 0.0238. The number of ether oxygens (including phenoxy) is 2. The molecular weight excluding hydrogens is 476 g/mol. The number of halogens is 1. The van der Waals surface area contributed by atoms with Crippen LogP contribution in [0.1, 0.15) is 37.5 Å². The third kappa shape index (κ3) is 5.71. The third-order valence-corrected chi connectivity index (χ3v) is 6.36. The number of likely N-dealkylation sites (N-methyl/N-ethyl adjacent to an activating group) is 1. The van der Waals surface area contributed by atoms with Crippen LogP contribution in [-0.4, -0.2) is 35.7 Å². The number of aliphatic imine (C=N–C) groups is 1. The molecule has 3 rings (SSSR count). The number of hydrogen-bond donors (Lipinski definition) is 0. The zero-order valence-electron chi connectivity index (χ0n) is 18.3. The maximum absolute atomic E-state index is 12.8. The summed E-state index contributed by atoms with van der Waals surface area (Å²) in [6, 6.07) is 12.0. The van der Waals surface area contributed by atoms with Crippen LogP contribution in [0.3, 0.4) is 0 Å². The van der Waals surface area contributed by atoms with E-state index in [0.29, 0.717) is 42.7 Å². The highest BCUT2D eigenvalue weighted by Gasteiger charge is 2.32. The van der Waals surface area contributed by atoms with Crippen LogP contribution in [0.4, 0.5) is 0 Å². The van der Waals surface area contributed by atoms with Crippen LogP contribution in [0, 0.1) is 6.92 Å². The van der Waals surface area contributed by atoms with Gasteiger partial charge in [0, 0.05) is 17.6 Å². The van der Waals surface area contributed by atoms with Gasteiger partial charge < -0.3 is 9.47 Å². The van der Waals surface area contributed by atoms with Crippen LogP contribution in [0.2, 0.25) is 0 Å². The highest BCUT2D eigenvalue weighted by atomic mass is 79.9. The summed E-state index contributed by atoms with van der Waals surface area (Å²) in [6.45, 7) is 10.1. The summed E-state index contributed by atoms with van der Waals surface area (Å²) in [7, 11) is 0. The van der Waals surface area contributed by atoms with E-state index in [-0.39, 0.29) is 5.91 Å². The van der Waals surface area contributed by atoms with Crippen molar-refractivity contribution in [3.63, 3.8) is 0 Å². The van der Waals surface area contributed by atoms with Crippen LogP contribution in [0.5, 0.6) is 11.5 Å². The van der Waals surface area contributed by atoms with Crippen LogP contribution in [-0.2, 0) is 11.4 Å². The number of hydrogen-bond acceptors (Lipinski definition) is 5. The van der Waals surface area contributed by atoms with Crippen LogP contribution < -0.4 is 9.47 Å². The van der Waals surface area contributed by atoms with Gasteiger partial charge in [-0.15, -0.1) is 0 Å². The topological polar surface area (TPSA) is 51.1 Å². The molecule has 1 aliphatic rings. The number of thioether (sulfide) groups is 1. The molecule has 1 heterocycles. The standard InChI is InChI=1S/C24H27BrN2O3S/c1-5-26-24-27(6-2)23(28)22(31-24)13-18-12-20(29-7-3)21(14-19(18)25)30-15-17-10-8-9-16(4)11-17/h8-14H,5-7,15H2,1-4H3/b22-13-,26-24?. The summed E-state index contributed by atoms with van der Waals surface area (Å²) >= 11 is 5.04. The van der Waals surface area contributed by atoms with Gasteiger partial charge in [0.15, 0.2) is 16.7 Å². The number of rotatable bonds is 8. The van der Waals surface area contributed by atoms with Gasteiger partial charge in [-0.25, -0.2) is 0 Å². The molecule has 5 nitrogen and oxygen atoms in total. The molecule has 1 amide bonds. The van der Waals surface area contributed by atoms with Gasteiger partial charge in [-0.1, -0.05) is 45.8 Å². The van der Waals surface area contributed by atoms with Gasteiger partial charge in [0.1, 0.15) is 6.61 Å². The van der Waals surface area contributed by atoms with Gasteiger partial charge in [0.25, 0.3) is 5.91 Å². The Morgan fingerprint density at radius 2 is 1.90 bits per heavy atom. The maximum Gasteiger partial charge on any atom is 0.266 e. The van der Waals surface area contributed by atoms with Crippen LogP contribution in [0.25, 0.3) is 6.08 Å². The SMILES string of the molecule is CCN=C1S/C(=C\c2cc(OCC)c(OCc3cccc(C)c3)cc2Br)C(=O)N1CC. The first kappa shape index (κ1) is 23.4. The van der Waals surface area contributed by atoms with Crippen molar-refractivity contribution >= 4 is 44.8 Å². The predicted octanol–water partition coefficient (Wildman–Crippen LogP) is 6.05. The number of benzene rings is 2. The molecular formula is C24H27BrN2O3S. The van der Waals surface area contributed by atoms with Gasteiger partial charge in [0.2, 0.25) is 0 Å². The highest BCUT2D eigenvalue weighted by molar-refractivity contribution is 9.10. The molecule has 2 aromatic carbocycles. The molecule has 0 radical (unpaired) electrons. The average Bonchev–Trinajstić information content (AvgIpc) is 3.03. The second-order valence-electron chi connectivity index (χ2n) is 6.95. The molecule has 2 aromatic rings. The fourth-order valence-corrected chi connectivity index (χ4v) is 4.72. The van der Waals surface area contributed by atoms with Crippen LogP contribution in [0.15, 0.2) is 50.8 Å². The minimum atomic E-state index is -0.0238. The van der Waals surface area contributed by atoms with Crippen molar-refractivity contribution in [2.45, 2.75) is 34.3 Å². The predicted molar refractivity (Wildman–Crippen MR) is 132 cm³/mol. The molecule has 7 heteroatoms. The molecule has 1 saturated heterocycles. The first-order chi connectivity index (χ1) is 15.0. The molecule has 0 unspecified atom stereocenters. The molecule has 1 aliphatic heterocycles. The molecule has 31 heavy (non-hydrogen) atoms.